The molecule has 6 nitrogen and oxygen atoms in total. The second kappa shape index (κ2) is 13.8. The highest BCUT2D eigenvalue weighted by atomic mass is 19.4. The van der Waals surface area contributed by atoms with Gasteiger partial charge in [-0.15, -0.1) is 0 Å². The number of rotatable bonds is 12. The van der Waals surface area contributed by atoms with Gasteiger partial charge in [-0.2, -0.15) is 13.2 Å². The Balaban J connectivity index is 1.60. The van der Waals surface area contributed by atoms with Crippen molar-refractivity contribution in [3.63, 3.8) is 0 Å². The van der Waals surface area contributed by atoms with Crippen LogP contribution in [0.2, 0.25) is 0 Å². The minimum atomic E-state index is -4.54. The summed E-state index contributed by atoms with van der Waals surface area (Å²) >= 11 is 0. The molecule has 38 heavy (non-hydrogen) atoms. The van der Waals surface area contributed by atoms with E-state index in [1.54, 1.807) is 18.2 Å². The van der Waals surface area contributed by atoms with Crippen molar-refractivity contribution in [1.82, 2.24) is 10.6 Å². The number of carbonyl (C=O) groups excluding carboxylic acids is 1. The van der Waals surface area contributed by atoms with Gasteiger partial charge in [0, 0.05) is 37.1 Å². The number of carbonyl (C=O) groups is 1. The van der Waals surface area contributed by atoms with Crippen LogP contribution in [0.25, 0.3) is 0 Å². The van der Waals surface area contributed by atoms with Crippen molar-refractivity contribution in [2.24, 2.45) is 5.92 Å². The average Bonchev–Trinajstić information content (AvgIpc) is 2.89. The quantitative estimate of drug-likeness (QED) is 0.299. The molecule has 1 amide bonds. The van der Waals surface area contributed by atoms with E-state index in [-0.39, 0.29) is 30.0 Å². The SMILES string of the molecule is CC[C@@H](CNc1ccc(N2CCC(O)CC2)cc1)NC(=O)[C@H](CC(C)C)N[C@@H](c1ccccc1)C(F)(F)F. The van der Waals surface area contributed by atoms with E-state index in [1.807, 2.05) is 45.0 Å². The second-order valence-electron chi connectivity index (χ2n) is 10.5. The molecule has 0 aromatic heterocycles. The van der Waals surface area contributed by atoms with Gasteiger partial charge in [0.05, 0.1) is 12.1 Å². The monoisotopic (exact) mass is 534 g/mol. The number of aliphatic hydroxyl groups is 1. The summed E-state index contributed by atoms with van der Waals surface area (Å²) in [4.78, 5) is 15.5. The largest absolute Gasteiger partial charge is 0.407 e. The number of anilines is 2. The molecule has 0 saturated carbocycles. The Morgan fingerprint density at radius 3 is 2.24 bits per heavy atom. The molecule has 0 bridgehead atoms. The van der Waals surface area contributed by atoms with E-state index in [1.165, 1.54) is 12.1 Å². The highest BCUT2D eigenvalue weighted by Crippen LogP contribution is 2.33. The third-order valence-electron chi connectivity index (χ3n) is 6.94. The summed E-state index contributed by atoms with van der Waals surface area (Å²) in [6.07, 6.45) is -2.32. The molecule has 1 heterocycles. The lowest BCUT2D eigenvalue weighted by atomic mass is 9.99. The molecule has 4 N–H and O–H groups in total. The van der Waals surface area contributed by atoms with E-state index >= 15 is 0 Å². The molecule has 3 rings (SSSR count). The number of amides is 1. The maximum absolute atomic E-state index is 14.0. The topological polar surface area (TPSA) is 76.6 Å². The summed E-state index contributed by atoms with van der Waals surface area (Å²) in [7, 11) is 0. The summed E-state index contributed by atoms with van der Waals surface area (Å²) in [5.74, 6) is -0.400. The van der Waals surface area contributed by atoms with Crippen molar-refractivity contribution < 1.29 is 23.1 Å². The van der Waals surface area contributed by atoms with E-state index in [2.05, 4.69) is 20.9 Å². The minimum absolute atomic E-state index is 0.0304. The van der Waals surface area contributed by atoms with Crippen LogP contribution < -0.4 is 20.9 Å². The lowest BCUT2D eigenvalue weighted by molar-refractivity contribution is -0.161. The van der Waals surface area contributed by atoms with Crippen molar-refractivity contribution in [2.45, 2.75) is 76.9 Å². The molecule has 0 unspecified atom stereocenters. The Bertz CT molecular complexity index is 978. The number of benzene rings is 2. The number of halogens is 3. The van der Waals surface area contributed by atoms with Gasteiger partial charge >= 0.3 is 6.18 Å². The van der Waals surface area contributed by atoms with Crippen LogP contribution in [0.5, 0.6) is 0 Å². The normalized spacial score (nSPS) is 17.2. The van der Waals surface area contributed by atoms with E-state index in [9.17, 15) is 23.1 Å². The molecule has 210 valence electrons. The molecule has 0 radical (unpaired) electrons. The van der Waals surface area contributed by atoms with Gasteiger partial charge in [0.15, 0.2) is 0 Å². The number of nitrogens with zero attached hydrogens (tertiary/aromatic N) is 1. The second-order valence-corrected chi connectivity index (χ2v) is 10.5. The van der Waals surface area contributed by atoms with Crippen molar-refractivity contribution in [3.05, 3.63) is 60.2 Å². The predicted molar refractivity (Wildman–Crippen MR) is 146 cm³/mol. The van der Waals surface area contributed by atoms with Gasteiger partial charge in [-0.3, -0.25) is 10.1 Å². The van der Waals surface area contributed by atoms with Gasteiger partial charge in [-0.1, -0.05) is 51.1 Å². The van der Waals surface area contributed by atoms with E-state index in [0.29, 0.717) is 13.0 Å². The van der Waals surface area contributed by atoms with Crippen LogP contribution in [0.1, 0.15) is 58.1 Å². The Morgan fingerprint density at radius 1 is 1.05 bits per heavy atom. The van der Waals surface area contributed by atoms with E-state index in [4.69, 9.17) is 0 Å². The number of aliphatic hydroxyl groups excluding tert-OH is 1. The molecular weight excluding hydrogens is 493 g/mol. The Labute approximate surface area is 224 Å². The zero-order valence-electron chi connectivity index (χ0n) is 22.5. The third kappa shape index (κ3) is 8.91. The number of piperidine rings is 1. The Hall–Kier alpha value is -2.78. The zero-order valence-corrected chi connectivity index (χ0v) is 22.5. The predicted octanol–water partition coefficient (Wildman–Crippen LogP) is 5.26. The fraction of sp³-hybridized carbons (Fsp3) is 0.552. The van der Waals surface area contributed by atoms with Crippen molar-refractivity contribution in [2.75, 3.05) is 29.9 Å². The summed E-state index contributed by atoms with van der Waals surface area (Å²) in [5, 5.41) is 18.6. The van der Waals surface area contributed by atoms with E-state index in [0.717, 1.165) is 37.3 Å². The van der Waals surface area contributed by atoms with Crippen molar-refractivity contribution in [1.29, 1.82) is 0 Å². The first-order valence-electron chi connectivity index (χ1n) is 13.5. The molecule has 0 aliphatic carbocycles. The molecule has 1 saturated heterocycles. The van der Waals surface area contributed by atoms with Gasteiger partial charge < -0.3 is 20.6 Å². The van der Waals surface area contributed by atoms with Gasteiger partial charge in [0.2, 0.25) is 5.91 Å². The fourth-order valence-corrected chi connectivity index (χ4v) is 4.70. The summed E-state index contributed by atoms with van der Waals surface area (Å²) < 4.78 is 41.9. The molecule has 3 atom stereocenters. The van der Waals surface area contributed by atoms with Crippen LogP contribution in [0.4, 0.5) is 24.5 Å². The molecule has 0 spiro atoms. The molecule has 1 aliphatic rings. The standard InChI is InChI=1S/C29H41F3N4O2/c1-4-22(19-33-23-10-12-24(13-11-23)36-16-14-25(37)15-17-36)34-28(38)26(18-20(2)3)35-27(29(30,31)32)21-8-6-5-7-9-21/h5-13,20,22,25-27,33,35,37H,4,14-19H2,1-3H3,(H,34,38)/t22-,26-,27-/m0/s1. The lowest BCUT2D eigenvalue weighted by Crippen LogP contribution is -2.52. The minimum Gasteiger partial charge on any atom is -0.393 e. The van der Waals surface area contributed by atoms with Crippen LogP contribution in [0.15, 0.2) is 54.6 Å². The number of hydrogen-bond acceptors (Lipinski definition) is 5. The van der Waals surface area contributed by atoms with Gasteiger partial charge in [-0.25, -0.2) is 0 Å². The molecule has 9 heteroatoms. The highest BCUT2D eigenvalue weighted by Gasteiger charge is 2.43. The first-order chi connectivity index (χ1) is 18.1. The smallest absolute Gasteiger partial charge is 0.393 e. The number of nitrogens with one attached hydrogen (secondary N) is 3. The maximum Gasteiger partial charge on any atom is 0.407 e. The van der Waals surface area contributed by atoms with Crippen LogP contribution in [-0.4, -0.2) is 55.0 Å². The van der Waals surface area contributed by atoms with Crippen LogP contribution >= 0.6 is 0 Å². The maximum atomic E-state index is 14.0. The molecule has 1 fully saturated rings. The van der Waals surface area contributed by atoms with E-state index < -0.39 is 24.2 Å². The third-order valence-corrected chi connectivity index (χ3v) is 6.94. The number of alkyl halides is 3. The molecule has 1 aliphatic heterocycles. The first kappa shape index (κ1) is 29.8. The fourth-order valence-electron chi connectivity index (χ4n) is 4.70. The first-order valence-corrected chi connectivity index (χ1v) is 13.5. The van der Waals surface area contributed by atoms with Crippen LogP contribution in [0, 0.1) is 5.92 Å². The molecule has 2 aromatic rings. The van der Waals surface area contributed by atoms with Crippen molar-refractivity contribution >= 4 is 17.3 Å². The molecule has 2 aromatic carbocycles. The zero-order chi connectivity index (χ0) is 27.7. The Morgan fingerprint density at radius 2 is 1.68 bits per heavy atom. The molecular formula is C29H41F3N4O2. The Kier molecular flexibility index (Phi) is 10.8. The summed E-state index contributed by atoms with van der Waals surface area (Å²) in [6.45, 7) is 7.82. The summed E-state index contributed by atoms with van der Waals surface area (Å²) in [5.41, 5.74) is 2.08. The average molecular weight is 535 g/mol. The highest BCUT2D eigenvalue weighted by molar-refractivity contribution is 5.82. The van der Waals surface area contributed by atoms with Crippen LogP contribution in [0.3, 0.4) is 0 Å². The van der Waals surface area contributed by atoms with Gasteiger partial charge in [-0.05, 0) is 61.4 Å². The van der Waals surface area contributed by atoms with Gasteiger partial charge in [0.25, 0.3) is 0 Å². The van der Waals surface area contributed by atoms with Crippen molar-refractivity contribution in [3.8, 4) is 0 Å². The van der Waals surface area contributed by atoms with Gasteiger partial charge in [0.1, 0.15) is 6.04 Å². The summed E-state index contributed by atoms with van der Waals surface area (Å²) in [6, 6.07) is 12.5. The van der Waals surface area contributed by atoms with Crippen LogP contribution in [-0.2, 0) is 4.79 Å². The lowest BCUT2D eigenvalue weighted by Gasteiger charge is -2.31. The number of hydrogen-bond donors (Lipinski definition) is 4.